The number of carbonyl (C=O) groups is 1. The molecule has 0 aliphatic carbocycles. The minimum absolute atomic E-state index is 0.347. The van der Waals surface area contributed by atoms with Crippen LogP contribution in [-0.2, 0) is 6.61 Å². The summed E-state index contributed by atoms with van der Waals surface area (Å²) in [5, 5.41) is 4.29. The smallest absolute Gasteiger partial charge is 0.252 e. The van der Waals surface area contributed by atoms with Crippen molar-refractivity contribution in [3.8, 4) is 5.88 Å². The molecule has 6 nitrogen and oxygen atoms in total. The Morgan fingerprint density at radius 1 is 1.33 bits per heavy atom. The van der Waals surface area contributed by atoms with Crippen molar-refractivity contribution in [1.29, 1.82) is 0 Å². The molecule has 0 aliphatic rings. The zero-order chi connectivity index (χ0) is 14.8. The maximum atomic E-state index is 11.3. The first-order valence-electron chi connectivity index (χ1n) is 6.47. The fourth-order valence-electron chi connectivity index (χ4n) is 2.07. The van der Waals surface area contributed by atoms with Crippen LogP contribution in [0, 0.1) is 6.92 Å². The SMILES string of the molecule is Cc1c(C(N)=O)cnc2cc(OCc3ccccc3)nn12. The van der Waals surface area contributed by atoms with E-state index in [1.54, 1.807) is 17.5 Å². The predicted octanol–water partition coefficient (Wildman–Crippen LogP) is 1.72. The molecule has 0 unspecified atom stereocenters. The number of rotatable bonds is 4. The van der Waals surface area contributed by atoms with Crippen molar-refractivity contribution < 1.29 is 9.53 Å². The molecule has 0 saturated heterocycles. The van der Waals surface area contributed by atoms with Crippen molar-refractivity contribution in [2.24, 2.45) is 5.73 Å². The first kappa shape index (κ1) is 13.1. The molecule has 3 rings (SSSR count). The molecule has 1 amide bonds. The van der Waals surface area contributed by atoms with E-state index >= 15 is 0 Å². The second-order valence-electron chi connectivity index (χ2n) is 4.65. The standard InChI is InChI=1S/C15H14N4O2/c1-10-12(15(16)20)8-17-13-7-14(18-19(10)13)21-9-11-5-3-2-4-6-11/h2-8H,9H2,1H3,(H2,16,20). The molecular formula is C15H14N4O2. The van der Waals surface area contributed by atoms with Gasteiger partial charge in [-0.1, -0.05) is 30.3 Å². The van der Waals surface area contributed by atoms with E-state index in [2.05, 4.69) is 10.1 Å². The molecular weight excluding hydrogens is 268 g/mol. The quantitative estimate of drug-likeness (QED) is 0.789. The number of amides is 1. The molecule has 1 aromatic carbocycles. The van der Waals surface area contributed by atoms with Gasteiger partial charge < -0.3 is 10.5 Å². The van der Waals surface area contributed by atoms with Crippen LogP contribution in [0.2, 0.25) is 0 Å². The van der Waals surface area contributed by atoms with Crippen molar-refractivity contribution in [2.75, 3.05) is 0 Å². The maximum Gasteiger partial charge on any atom is 0.252 e. The van der Waals surface area contributed by atoms with Gasteiger partial charge in [0.25, 0.3) is 5.91 Å². The topological polar surface area (TPSA) is 82.5 Å². The van der Waals surface area contributed by atoms with Gasteiger partial charge in [0, 0.05) is 12.3 Å². The number of fused-ring (bicyclic) bond motifs is 1. The zero-order valence-electron chi connectivity index (χ0n) is 11.5. The second kappa shape index (κ2) is 5.24. The van der Waals surface area contributed by atoms with Crippen LogP contribution in [0.3, 0.4) is 0 Å². The summed E-state index contributed by atoms with van der Waals surface area (Å²) in [6.45, 7) is 2.19. The number of carbonyl (C=O) groups excluding carboxylic acids is 1. The zero-order valence-corrected chi connectivity index (χ0v) is 11.5. The van der Waals surface area contributed by atoms with Gasteiger partial charge in [-0.25, -0.2) is 9.50 Å². The van der Waals surface area contributed by atoms with E-state index in [-0.39, 0.29) is 0 Å². The molecule has 0 bridgehead atoms. The van der Waals surface area contributed by atoms with Crippen LogP contribution in [0.1, 0.15) is 21.6 Å². The highest BCUT2D eigenvalue weighted by atomic mass is 16.5. The number of aromatic nitrogens is 3. The van der Waals surface area contributed by atoms with Gasteiger partial charge in [-0.3, -0.25) is 4.79 Å². The Bertz CT molecular complexity index is 796. The fraction of sp³-hybridized carbons (Fsp3) is 0.133. The van der Waals surface area contributed by atoms with Crippen LogP contribution >= 0.6 is 0 Å². The molecule has 0 radical (unpaired) electrons. The summed E-state index contributed by atoms with van der Waals surface area (Å²) in [5.74, 6) is -0.0692. The molecule has 0 spiro atoms. The lowest BCUT2D eigenvalue weighted by atomic mass is 10.2. The van der Waals surface area contributed by atoms with E-state index in [1.165, 1.54) is 6.20 Å². The van der Waals surface area contributed by atoms with Gasteiger partial charge in [0.1, 0.15) is 6.61 Å². The molecule has 0 saturated carbocycles. The summed E-state index contributed by atoms with van der Waals surface area (Å²) in [4.78, 5) is 15.5. The lowest BCUT2D eigenvalue weighted by Crippen LogP contribution is -2.15. The van der Waals surface area contributed by atoms with Crippen LogP contribution < -0.4 is 10.5 Å². The summed E-state index contributed by atoms with van der Waals surface area (Å²) >= 11 is 0. The Balaban J connectivity index is 1.87. The highest BCUT2D eigenvalue weighted by Gasteiger charge is 2.12. The molecule has 0 fully saturated rings. The van der Waals surface area contributed by atoms with Gasteiger partial charge in [0.05, 0.1) is 11.3 Å². The van der Waals surface area contributed by atoms with Crippen LogP contribution in [0.25, 0.3) is 5.65 Å². The third kappa shape index (κ3) is 2.55. The lowest BCUT2D eigenvalue weighted by Gasteiger charge is -2.03. The van der Waals surface area contributed by atoms with Gasteiger partial charge in [-0.15, -0.1) is 5.10 Å². The largest absolute Gasteiger partial charge is 0.472 e. The normalized spacial score (nSPS) is 10.7. The van der Waals surface area contributed by atoms with Crippen molar-refractivity contribution in [1.82, 2.24) is 14.6 Å². The Hall–Kier alpha value is -2.89. The van der Waals surface area contributed by atoms with Crippen molar-refractivity contribution >= 4 is 11.6 Å². The van der Waals surface area contributed by atoms with Crippen LogP contribution in [0.15, 0.2) is 42.6 Å². The van der Waals surface area contributed by atoms with Crippen LogP contribution in [0.5, 0.6) is 5.88 Å². The first-order chi connectivity index (χ1) is 10.1. The second-order valence-corrected chi connectivity index (χ2v) is 4.65. The number of hydrogen-bond donors (Lipinski definition) is 1. The molecule has 2 heterocycles. The van der Waals surface area contributed by atoms with E-state index in [0.29, 0.717) is 29.4 Å². The summed E-state index contributed by atoms with van der Waals surface area (Å²) in [6, 6.07) is 11.5. The number of primary amides is 1. The number of aryl methyl sites for hydroxylation is 1. The number of benzene rings is 1. The summed E-state index contributed by atoms with van der Waals surface area (Å²) in [6.07, 6.45) is 1.45. The van der Waals surface area contributed by atoms with E-state index < -0.39 is 5.91 Å². The highest BCUT2D eigenvalue weighted by molar-refractivity contribution is 5.93. The summed E-state index contributed by atoms with van der Waals surface area (Å²) < 4.78 is 7.20. The molecule has 0 atom stereocenters. The van der Waals surface area contributed by atoms with Gasteiger partial charge in [0.2, 0.25) is 5.88 Å². The number of ether oxygens (including phenoxy) is 1. The van der Waals surface area contributed by atoms with Gasteiger partial charge in [-0.2, -0.15) is 0 Å². The molecule has 6 heteroatoms. The Kier molecular flexibility index (Phi) is 3.27. The van der Waals surface area contributed by atoms with Gasteiger partial charge >= 0.3 is 0 Å². The predicted molar refractivity (Wildman–Crippen MR) is 77.0 cm³/mol. The number of nitrogens with zero attached hydrogens (tertiary/aromatic N) is 3. The molecule has 21 heavy (non-hydrogen) atoms. The van der Waals surface area contributed by atoms with E-state index in [9.17, 15) is 4.79 Å². The lowest BCUT2D eigenvalue weighted by molar-refractivity contribution is 0.0998. The fourth-order valence-corrected chi connectivity index (χ4v) is 2.07. The molecule has 3 aromatic rings. The molecule has 106 valence electrons. The van der Waals surface area contributed by atoms with Crippen LogP contribution in [-0.4, -0.2) is 20.5 Å². The number of nitrogens with two attached hydrogens (primary N) is 1. The van der Waals surface area contributed by atoms with E-state index in [1.807, 2.05) is 30.3 Å². The third-order valence-electron chi connectivity index (χ3n) is 3.20. The Labute approximate surface area is 121 Å². The average Bonchev–Trinajstić information content (AvgIpc) is 2.90. The average molecular weight is 282 g/mol. The first-order valence-corrected chi connectivity index (χ1v) is 6.47. The van der Waals surface area contributed by atoms with Crippen molar-refractivity contribution in [3.05, 3.63) is 59.4 Å². The van der Waals surface area contributed by atoms with Crippen molar-refractivity contribution in [2.45, 2.75) is 13.5 Å². The van der Waals surface area contributed by atoms with Crippen molar-refractivity contribution in [3.63, 3.8) is 0 Å². The van der Waals surface area contributed by atoms with E-state index in [4.69, 9.17) is 10.5 Å². The molecule has 2 N–H and O–H groups in total. The summed E-state index contributed by atoms with van der Waals surface area (Å²) in [7, 11) is 0. The van der Waals surface area contributed by atoms with E-state index in [0.717, 1.165) is 5.56 Å². The van der Waals surface area contributed by atoms with Crippen LogP contribution in [0.4, 0.5) is 0 Å². The van der Waals surface area contributed by atoms with Gasteiger partial charge in [-0.05, 0) is 12.5 Å². The highest BCUT2D eigenvalue weighted by Crippen LogP contribution is 2.16. The Morgan fingerprint density at radius 3 is 2.81 bits per heavy atom. The Morgan fingerprint density at radius 2 is 2.10 bits per heavy atom. The minimum Gasteiger partial charge on any atom is -0.472 e. The molecule has 0 aliphatic heterocycles. The van der Waals surface area contributed by atoms with Gasteiger partial charge in [0.15, 0.2) is 5.65 Å². The minimum atomic E-state index is -0.524. The third-order valence-corrected chi connectivity index (χ3v) is 3.20. The summed E-state index contributed by atoms with van der Waals surface area (Å²) in [5.41, 5.74) is 7.95. The molecule has 2 aromatic heterocycles. The number of hydrogen-bond acceptors (Lipinski definition) is 4. The monoisotopic (exact) mass is 282 g/mol. The maximum absolute atomic E-state index is 11.3.